The monoisotopic (exact) mass is 372 g/mol. The average Bonchev–Trinajstić information content (AvgIpc) is 2.54. The lowest BCUT2D eigenvalue weighted by Gasteiger charge is -2.15. The first-order chi connectivity index (χ1) is 11.3. The molecule has 0 aromatic heterocycles. The zero-order chi connectivity index (χ0) is 17.9. The normalized spacial score (nSPS) is 15.0. The summed E-state index contributed by atoms with van der Waals surface area (Å²) in [6.45, 7) is 1.50. The van der Waals surface area contributed by atoms with Gasteiger partial charge in [-0.25, -0.2) is 13.2 Å². The molecule has 6 nitrogen and oxygen atoms in total. The minimum Gasteiger partial charge on any atom is -0.494 e. The van der Waals surface area contributed by atoms with Crippen molar-refractivity contribution in [1.82, 2.24) is 0 Å². The Labute approximate surface area is 145 Å². The van der Waals surface area contributed by atoms with Crippen LogP contribution in [0.5, 0.6) is 5.75 Å². The Morgan fingerprint density at radius 2 is 2.00 bits per heavy atom. The fraction of sp³-hybridized carbons (Fsp3) is 0.375. The van der Waals surface area contributed by atoms with Gasteiger partial charge in [0.05, 0.1) is 23.4 Å². The molecule has 1 aromatic carbocycles. The van der Waals surface area contributed by atoms with E-state index in [1.165, 1.54) is 32.2 Å². The van der Waals surface area contributed by atoms with Gasteiger partial charge >= 0.3 is 5.97 Å². The minimum absolute atomic E-state index is 0.0255. The van der Waals surface area contributed by atoms with E-state index in [9.17, 15) is 18.0 Å². The van der Waals surface area contributed by atoms with E-state index in [0.717, 1.165) is 0 Å². The molecule has 0 bridgehead atoms. The molecule has 1 aromatic rings. The highest BCUT2D eigenvalue weighted by Crippen LogP contribution is 2.36. The molecule has 0 heterocycles. The van der Waals surface area contributed by atoms with Crippen molar-refractivity contribution in [1.29, 1.82) is 0 Å². The van der Waals surface area contributed by atoms with E-state index >= 15 is 0 Å². The second-order valence-electron chi connectivity index (χ2n) is 5.18. The maximum atomic E-state index is 12.3. The first-order valence-corrected chi connectivity index (χ1v) is 9.38. The highest BCUT2D eigenvalue weighted by Gasteiger charge is 2.25. The zero-order valence-electron chi connectivity index (χ0n) is 13.3. The fourth-order valence-corrected chi connectivity index (χ4v) is 3.73. The van der Waals surface area contributed by atoms with Crippen molar-refractivity contribution in [2.75, 3.05) is 12.9 Å². The molecule has 1 aliphatic carbocycles. The Bertz CT molecular complexity index is 810. The molecule has 0 spiro atoms. The van der Waals surface area contributed by atoms with Gasteiger partial charge in [0.2, 0.25) is 0 Å². The lowest BCUT2D eigenvalue weighted by Crippen LogP contribution is -2.12. The molecule has 0 saturated heterocycles. The van der Waals surface area contributed by atoms with E-state index in [1.54, 1.807) is 0 Å². The van der Waals surface area contributed by atoms with E-state index in [1.807, 2.05) is 0 Å². The summed E-state index contributed by atoms with van der Waals surface area (Å²) in [5.41, 5.74) is -0.0255. The molecule has 1 aliphatic rings. The first-order valence-electron chi connectivity index (χ1n) is 7.35. The van der Waals surface area contributed by atoms with Crippen LogP contribution in [0, 0.1) is 0 Å². The van der Waals surface area contributed by atoms with Crippen molar-refractivity contribution < 1.29 is 27.5 Å². The number of halogens is 1. The predicted octanol–water partition coefficient (Wildman–Crippen LogP) is 2.94. The standard InChI is InChI=1S/C16H17ClO6S/c1-3-24(20,21)13-8-7-12(14(17)15(13)22-2)16(19)23-11-6-4-5-10(18)9-11/h7-9H,3-6H2,1-2H3. The van der Waals surface area contributed by atoms with E-state index in [0.29, 0.717) is 19.3 Å². The highest BCUT2D eigenvalue weighted by atomic mass is 35.5. The van der Waals surface area contributed by atoms with Gasteiger partial charge in [0.15, 0.2) is 21.4 Å². The number of benzene rings is 1. The van der Waals surface area contributed by atoms with Crippen LogP contribution in [0.1, 0.15) is 36.5 Å². The van der Waals surface area contributed by atoms with Gasteiger partial charge in [0.25, 0.3) is 0 Å². The van der Waals surface area contributed by atoms with Gasteiger partial charge in [0.1, 0.15) is 10.7 Å². The third-order valence-electron chi connectivity index (χ3n) is 3.59. The number of carbonyl (C=O) groups excluding carboxylic acids is 2. The second-order valence-corrected chi connectivity index (χ2v) is 7.81. The van der Waals surface area contributed by atoms with Gasteiger partial charge in [-0.05, 0) is 18.6 Å². The molecule has 0 unspecified atom stereocenters. The molecular weight excluding hydrogens is 356 g/mol. The summed E-state index contributed by atoms with van der Waals surface area (Å²) in [7, 11) is -2.29. The van der Waals surface area contributed by atoms with Crippen LogP contribution in [-0.4, -0.2) is 33.0 Å². The van der Waals surface area contributed by atoms with Crippen LogP contribution < -0.4 is 4.74 Å². The number of carbonyl (C=O) groups is 2. The minimum atomic E-state index is -3.56. The molecule has 130 valence electrons. The van der Waals surface area contributed by atoms with Gasteiger partial charge in [-0.1, -0.05) is 18.5 Å². The fourth-order valence-electron chi connectivity index (χ4n) is 2.30. The Kier molecular flexibility index (Phi) is 5.66. The molecule has 0 radical (unpaired) electrons. The number of sulfone groups is 1. The summed E-state index contributed by atoms with van der Waals surface area (Å²) in [5, 5.41) is -0.139. The van der Waals surface area contributed by atoms with Crippen molar-refractivity contribution >= 4 is 33.2 Å². The van der Waals surface area contributed by atoms with Gasteiger partial charge in [-0.2, -0.15) is 0 Å². The Morgan fingerprint density at radius 3 is 2.58 bits per heavy atom. The van der Waals surface area contributed by atoms with Crippen molar-refractivity contribution in [3.05, 3.63) is 34.6 Å². The van der Waals surface area contributed by atoms with Crippen LogP contribution in [0.2, 0.25) is 5.02 Å². The van der Waals surface area contributed by atoms with Crippen LogP contribution in [0.3, 0.4) is 0 Å². The molecule has 0 saturated carbocycles. The smallest absolute Gasteiger partial charge is 0.344 e. The molecule has 0 amide bonds. The predicted molar refractivity (Wildman–Crippen MR) is 88.1 cm³/mol. The van der Waals surface area contributed by atoms with Crippen molar-refractivity contribution in [2.45, 2.75) is 31.1 Å². The number of hydrogen-bond donors (Lipinski definition) is 0. The summed E-state index contributed by atoms with van der Waals surface area (Å²) in [6.07, 6.45) is 2.82. The summed E-state index contributed by atoms with van der Waals surface area (Å²) in [5.74, 6) is -0.812. The van der Waals surface area contributed by atoms with Gasteiger partial charge < -0.3 is 9.47 Å². The molecule has 2 rings (SSSR count). The number of ketones is 1. The quantitative estimate of drug-likeness (QED) is 0.738. The largest absolute Gasteiger partial charge is 0.494 e. The molecule has 0 N–H and O–H groups in total. The Morgan fingerprint density at radius 1 is 1.29 bits per heavy atom. The van der Waals surface area contributed by atoms with Crippen molar-refractivity contribution in [3.8, 4) is 5.75 Å². The van der Waals surface area contributed by atoms with Crippen LogP contribution in [0.4, 0.5) is 0 Å². The molecule has 24 heavy (non-hydrogen) atoms. The number of rotatable bonds is 5. The number of hydrogen-bond acceptors (Lipinski definition) is 6. The first kappa shape index (κ1) is 18.5. The number of ether oxygens (including phenoxy) is 2. The highest BCUT2D eigenvalue weighted by molar-refractivity contribution is 7.91. The lowest BCUT2D eigenvalue weighted by molar-refractivity contribution is -0.115. The van der Waals surface area contributed by atoms with Crippen LogP contribution >= 0.6 is 11.6 Å². The molecule has 0 fully saturated rings. The maximum Gasteiger partial charge on any atom is 0.344 e. The van der Waals surface area contributed by atoms with Crippen LogP contribution in [0.15, 0.2) is 28.9 Å². The lowest BCUT2D eigenvalue weighted by atomic mass is 10.1. The summed E-state index contributed by atoms with van der Waals surface area (Å²) >= 11 is 6.14. The van der Waals surface area contributed by atoms with Gasteiger partial charge in [-0.15, -0.1) is 0 Å². The third-order valence-corrected chi connectivity index (χ3v) is 5.72. The molecular formula is C16H17ClO6S. The number of allylic oxidation sites excluding steroid dienone is 2. The van der Waals surface area contributed by atoms with E-state index < -0.39 is 15.8 Å². The van der Waals surface area contributed by atoms with E-state index in [-0.39, 0.29) is 38.5 Å². The zero-order valence-corrected chi connectivity index (χ0v) is 14.9. The number of esters is 1. The van der Waals surface area contributed by atoms with E-state index in [4.69, 9.17) is 21.1 Å². The molecule has 8 heteroatoms. The van der Waals surface area contributed by atoms with Gasteiger partial charge in [0, 0.05) is 18.9 Å². The Hall–Kier alpha value is -1.86. The average molecular weight is 373 g/mol. The topological polar surface area (TPSA) is 86.7 Å². The Balaban J connectivity index is 2.38. The van der Waals surface area contributed by atoms with Crippen molar-refractivity contribution in [2.24, 2.45) is 0 Å². The van der Waals surface area contributed by atoms with Crippen LogP contribution in [0.25, 0.3) is 0 Å². The second kappa shape index (κ2) is 7.36. The van der Waals surface area contributed by atoms with Crippen LogP contribution in [-0.2, 0) is 19.4 Å². The molecule has 0 atom stereocenters. The summed E-state index contributed by atoms with van der Waals surface area (Å²) < 4.78 is 34.4. The molecule has 0 aliphatic heterocycles. The van der Waals surface area contributed by atoms with Gasteiger partial charge in [-0.3, -0.25) is 4.79 Å². The maximum absolute atomic E-state index is 12.3. The SMILES string of the molecule is CCS(=O)(=O)c1ccc(C(=O)OC2=CC(=O)CCC2)c(Cl)c1OC. The summed E-state index contributed by atoms with van der Waals surface area (Å²) in [6, 6.07) is 2.54. The van der Waals surface area contributed by atoms with E-state index in [2.05, 4.69) is 0 Å². The summed E-state index contributed by atoms with van der Waals surface area (Å²) in [4.78, 5) is 23.6. The number of methoxy groups -OCH3 is 1. The third kappa shape index (κ3) is 3.79. The van der Waals surface area contributed by atoms with Crippen molar-refractivity contribution in [3.63, 3.8) is 0 Å².